The van der Waals surface area contributed by atoms with Gasteiger partial charge in [0.15, 0.2) is 6.61 Å². The minimum atomic E-state index is -4.05. The van der Waals surface area contributed by atoms with Gasteiger partial charge in [-0.3, -0.25) is 0 Å². The second-order valence-electron chi connectivity index (χ2n) is 5.73. The molecule has 1 fully saturated rings. The summed E-state index contributed by atoms with van der Waals surface area (Å²) in [5, 5.41) is 8.50. The lowest BCUT2D eigenvalue weighted by atomic mass is 9.98. The van der Waals surface area contributed by atoms with Gasteiger partial charge in [-0.15, -0.1) is 0 Å². The molecule has 5 nitrogen and oxygen atoms in total. The third-order valence-electron chi connectivity index (χ3n) is 3.76. The van der Waals surface area contributed by atoms with Crippen LogP contribution >= 0.6 is 45.2 Å². The van der Waals surface area contributed by atoms with Gasteiger partial charge in [-0.2, -0.15) is 8.78 Å². The Bertz CT molecular complexity index is 660. The lowest BCUT2D eigenvalue weighted by Gasteiger charge is -2.23. The quantitative estimate of drug-likeness (QED) is 0.397. The van der Waals surface area contributed by atoms with Crippen LogP contribution in [0.3, 0.4) is 0 Å². The van der Waals surface area contributed by atoms with E-state index in [-0.39, 0.29) is 17.4 Å². The minimum Gasteiger partial charge on any atom is -0.485 e. The van der Waals surface area contributed by atoms with E-state index in [1.807, 2.05) is 45.2 Å². The highest BCUT2D eigenvalue weighted by atomic mass is 127. The van der Waals surface area contributed by atoms with E-state index < -0.39 is 24.5 Å². The van der Waals surface area contributed by atoms with Gasteiger partial charge in [0.1, 0.15) is 17.4 Å². The van der Waals surface area contributed by atoms with Crippen molar-refractivity contribution in [3.05, 3.63) is 24.8 Å². The Balaban J connectivity index is 2.21. The van der Waals surface area contributed by atoms with Crippen molar-refractivity contribution in [2.75, 3.05) is 6.61 Å². The third-order valence-corrected chi connectivity index (χ3v) is 5.19. The molecule has 0 spiro atoms. The molecule has 0 bridgehead atoms. The molecule has 0 atom stereocenters. The Morgan fingerprint density at radius 1 is 1.20 bits per heavy atom. The number of halogens is 4. The van der Waals surface area contributed by atoms with Gasteiger partial charge in [0, 0.05) is 3.57 Å². The van der Waals surface area contributed by atoms with E-state index >= 15 is 0 Å². The summed E-state index contributed by atoms with van der Waals surface area (Å²) < 4.78 is 38.3. The summed E-state index contributed by atoms with van der Waals surface area (Å²) in [6.45, 7) is -1.36. The van der Waals surface area contributed by atoms with Crippen molar-refractivity contribution < 1.29 is 33.0 Å². The number of aliphatic carboxylic acids is 1. The molecular weight excluding hydrogens is 564 g/mol. The molecular formula is C16H16F2I2O5. The van der Waals surface area contributed by atoms with Crippen LogP contribution in [0.25, 0.3) is 0 Å². The van der Waals surface area contributed by atoms with E-state index in [0.717, 1.165) is 35.7 Å². The van der Waals surface area contributed by atoms with E-state index in [1.165, 1.54) is 6.07 Å². The smallest absolute Gasteiger partial charge is 0.378 e. The largest absolute Gasteiger partial charge is 0.485 e. The maximum atomic E-state index is 13.3. The molecule has 1 aliphatic rings. The van der Waals surface area contributed by atoms with Gasteiger partial charge >= 0.3 is 17.9 Å². The van der Waals surface area contributed by atoms with Gasteiger partial charge in [0.2, 0.25) is 0 Å². The molecule has 138 valence electrons. The number of carboxylic acids is 1. The molecule has 0 radical (unpaired) electrons. The molecule has 0 saturated heterocycles. The van der Waals surface area contributed by atoms with Crippen LogP contribution in [-0.2, 0) is 9.53 Å². The van der Waals surface area contributed by atoms with Crippen LogP contribution in [0.5, 0.6) is 5.75 Å². The molecule has 2 rings (SSSR count). The van der Waals surface area contributed by atoms with E-state index in [0.29, 0.717) is 3.57 Å². The maximum absolute atomic E-state index is 13.3. The zero-order valence-electron chi connectivity index (χ0n) is 13.1. The number of hydrogen-bond donors (Lipinski definition) is 1. The highest BCUT2D eigenvalue weighted by Gasteiger charge is 2.40. The monoisotopic (exact) mass is 580 g/mol. The molecule has 0 aliphatic heterocycles. The van der Waals surface area contributed by atoms with Gasteiger partial charge in [-0.25, -0.2) is 9.59 Å². The van der Waals surface area contributed by atoms with E-state index in [1.54, 1.807) is 6.07 Å². The minimum absolute atomic E-state index is 0.0306. The molecule has 0 aromatic heterocycles. The number of esters is 1. The number of rotatable bonds is 6. The summed E-state index contributed by atoms with van der Waals surface area (Å²) in [4.78, 5) is 23.0. The van der Waals surface area contributed by atoms with Gasteiger partial charge in [0.25, 0.3) is 0 Å². The van der Waals surface area contributed by atoms with Crippen molar-refractivity contribution in [1.29, 1.82) is 0 Å². The summed E-state index contributed by atoms with van der Waals surface area (Å²) in [5.41, 5.74) is 0.0306. The number of hydrogen-bond acceptors (Lipinski definition) is 4. The summed E-state index contributed by atoms with van der Waals surface area (Å²) in [5.74, 6) is -7.05. The molecule has 1 saturated carbocycles. The first-order valence-corrected chi connectivity index (χ1v) is 9.80. The molecule has 0 heterocycles. The number of carbonyl (C=O) groups is 2. The van der Waals surface area contributed by atoms with Crippen LogP contribution < -0.4 is 4.74 Å². The topological polar surface area (TPSA) is 72.8 Å². The SMILES string of the molecule is O=C(OC1CCCCC1)c1cc(I)cc(I)c1OCC(F)(F)C(=O)O. The predicted molar refractivity (Wildman–Crippen MR) is 102 cm³/mol. The van der Waals surface area contributed by atoms with Crippen molar-refractivity contribution in [2.24, 2.45) is 0 Å². The summed E-state index contributed by atoms with van der Waals surface area (Å²) >= 11 is 3.85. The second-order valence-corrected chi connectivity index (χ2v) is 8.14. The van der Waals surface area contributed by atoms with Crippen LogP contribution in [0.1, 0.15) is 42.5 Å². The Hall–Kier alpha value is -0.720. The molecule has 0 unspecified atom stereocenters. The van der Waals surface area contributed by atoms with Crippen LogP contribution in [0.2, 0.25) is 0 Å². The fourth-order valence-electron chi connectivity index (χ4n) is 2.48. The predicted octanol–water partition coefficient (Wildman–Crippen LogP) is 4.48. The Labute approximate surface area is 170 Å². The maximum Gasteiger partial charge on any atom is 0.378 e. The van der Waals surface area contributed by atoms with Crippen molar-refractivity contribution in [3.63, 3.8) is 0 Å². The van der Waals surface area contributed by atoms with Crippen LogP contribution in [-0.4, -0.2) is 35.7 Å². The molecule has 1 aromatic rings. The van der Waals surface area contributed by atoms with Crippen LogP contribution in [0.4, 0.5) is 8.78 Å². The molecule has 1 aromatic carbocycles. The zero-order valence-corrected chi connectivity index (χ0v) is 17.4. The van der Waals surface area contributed by atoms with Gasteiger partial charge < -0.3 is 14.6 Å². The Kier molecular flexibility index (Phi) is 7.23. The number of carboxylic acid groups (broad SMARTS) is 1. The van der Waals surface area contributed by atoms with E-state index in [4.69, 9.17) is 14.6 Å². The molecule has 0 amide bonds. The third kappa shape index (κ3) is 5.63. The second kappa shape index (κ2) is 8.78. The molecule has 1 aliphatic carbocycles. The number of carbonyl (C=O) groups excluding carboxylic acids is 1. The van der Waals surface area contributed by atoms with Crippen molar-refractivity contribution >= 4 is 57.1 Å². The Morgan fingerprint density at radius 2 is 1.84 bits per heavy atom. The van der Waals surface area contributed by atoms with Gasteiger partial charge in [-0.1, -0.05) is 6.42 Å². The van der Waals surface area contributed by atoms with Gasteiger partial charge in [0.05, 0.1) is 3.57 Å². The zero-order chi connectivity index (χ0) is 18.6. The first kappa shape index (κ1) is 20.6. The van der Waals surface area contributed by atoms with Crippen LogP contribution in [0.15, 0.2) is 12.1 Å². The fourth-order valence-corrected chi connectivity index (χ4v) is 4.48. The number of benzene rings is 1. The van der Waals surface area contributed by atoms with Crippen molar-refractivity contribution in [1.82, 2.24) is 0 Å². The average Bonchev–Trinajstić information content (AvgIpc) is 2.54. The summed E-state index contributed by atoms with van der Waals surface area (Å²) in [7, 11) is 0. The highest BCUT2D eigenvalue weighted by molar-refractivity contribution is 14.1. The van der Waals surface area contributed by atoms with Crippen molar-refractivity contribution in [2.45, 2.75) is 44.1 Å². The van der Waals surface area contributed by atoms with Crippen molar-refractivity contribution in [3.8, 4) is 5.75 Å². The lowest BCUT2D eigenvalue weighted by molar-refractivity contribution is -0.168. The molecule has 9 heteroatoms. The fraction of sp³-hybridized carbons (Fsp3) is 0.500. The molecule has 1 N–H and O–H groups in total. The normalized spacial score (nSPS) is 15.7. The van der Waals surface area contributed by atoms with E-state index in [2.05, 4.69) is 0 Å². The highest BCUT2D eigenvalue weighted by Crippen LogP contribution is 2.31. The average molecular weight is 580 g/mol. The lowest BCUT2D eigenvalue weighted by Crippen LogP contribution is -2.35. The van der Waals surface area contributed by atoms with Gasteiger partial charge in [-0.05, 0) is 83.0 Å². The Morgan fingerprint density at radius 3 is 2.44 bits per heavy atom. The first-order chi connectivity index (χ1) is 11.7. The first-order valence-electron chi connectivity index (χ1n) is 7.65. The standard InChI is InChI=1S/C16H16F2I2O5/c17-16(18,15(22)23)8-24-13-11(6-9(19)7-12(13)20)14(21)25-10-4-2-1-3-5-10/h6-7,10H,1-5,8H2,(H,22,23). The number of alkyl halides is 2. The molecule has 25 heavy (non-hydrogen) atoms. The van der Waals surface area contributed by atoms with E-state index in [9.17, 15) is 18.4 Å². The summed E-state index contributed by atoms with van der Waals surface area (Å²) in [6, 6.07) is 3.13. The number of ether oxygens (including phenoxy) is 2. The van der Waals surface area contributed by atoms with Crippen LogP contribution in [0, 0.1) is 7.14 Å². The summed E-state index contributed by atoms with van der Waals surface area (Å²) in [6.07, 6.45) is 4.44.